The molecule has 2 aromatic rings. The first-order chi connectivity index (χ1) is 9.63. The van der Waals surface area contributed by atoms with Crippen LogP contribution in [0.3, 0.4) is 0 Å². The number of carbonyl (C=O) groups excluding carboxylic acids is 1. The van der Waals surface area contributed by atoms with E-state index in [0.29, 0.717) is 23.8 Å². The third-order valence-corrected chi connectivity index (χ3v) is 3.81. The van der Waals surface area contributed by atoms with Crippen LogP contribution in [0, 0.1) is 6.92 Å². The van der Waals surface area contributed by atoms with Gasteiger partial charge in [-0.15, -0.1) is 0 Å². The molecule has 2 aromatic carbocycles. The molecule has 102 valence electrons. The summed E-state index contributed by atoms with van der Waals surface area (Å²) >= 11 is 6.14. The Morgan fingerprint density at radius 1 is 1.15 bits per heavy atom. The third-order valence-electron chi connectivity index (χ3n) is 3.49. The molecule has 3 rings (SSSR count). The van der Waals surface area contributed by atoms with Gasteiger partial charge in [0.15, 0.2) is 0 Å². The molecule has 0 fully saturated rings. The SMILES string of the molecule is Cc1ccc(NC(=O)N2Cc3ccccc3C2)c(Cl)c1. The van der Waals surface area contributed by atoms with Gasteiger partial charge in [0.1, 0.15) is 0 Å². The lowest BCUT2D eigenvalue weighted by molar-refractivity contribution is 0.212. The summed E-state index contributed by atoms with van der Waals surface area (Å²) in [6.07, 6.45) is 0. The largest absolute Gasteiger partial charge is 0.322 e. The number of amides is 2. The second kappa shape index (κ2) is 5.17. The van der Waals surface area contributed by atoms with E-state index in [1.54, 1.807) is 4.90 Å². The molecule has 0 spiro atoms. The number of fused-ring (bicyclic) bond motifs is 1. The molecule has 1 aliphatic rings. The Hall–Kier alpha value is -2.00. The van der Waals surface area contributed by atoms with E-state index in [0.717, 1.165) is 5.56 Å². The molecule has 1 heterocycles. The van der Waals surface area contributed by atoms with E-state index in [9.17, 15) is 4.79 Å². The number of nitrogens with zero attached hydrogens (tertiary/aromatic N) is 1. The van der Waals surface area contributed by atoms with Gasteiger partial charge in [-0.3, -0.25) is 0 Å². The van der Waals surface area contributed by atoms with E-state index in [2.05, 4.69) is 17.4 Å². The van der Waals surface area contributed by atoms with E-state index in [1.807, 2.05) is 37.3 Å². The van der Waals surface area contributed by atoms with Gasteiger partial charge < -0.3 is 10.2 Å². The van der Waals surface area contributed by atoms with Gasteiger partial charge in [-0.05, 0) is 35.7 Å². The fraction of sp³-hybridized carbons (Fsp3) is 0.188. The van der Waals surface area contributed by atoms with Gasteiger partial charge in [0, 0.05) is 13.1 Å². The van der Waals surface area contributed by atoms with Crippen LogP contribution in [0.4, 0.5) is 10.5 Å². The molecule has 0 aromatic heterocycles. The Bertz CT molecular complexity index is 644. The molecule has 2 amide bonds. The van der Waals surface area contributed by atoms with Crippen LogP contribution in [0.5, 0.6) is 0 Å². The third kappa shape index (κ3) is 2.49. The van der Waals surface area contributed by atoms with Crippen LogP contribution < -0.4 is 5.32 Å². The van der Waals surface area contributed by atoms with Crippen molar-refractivity contribution < 1.29 is 4.79 Å². The predicted octanol–water partition coefficient (Wildman–Crippen LogP) is 4.20. The second-order valence-electron chi connectivity index (χ2n) is 5.04. The van der Waals surface area contributed by atoms with Crippen LogP contribution in [0.25, 0.3) is 0 Å². The van der Waals surface area contributed by atoms with Crippen molar-refractivity contribution in [1.82, 2.24) is 4.90 Å². The molecule has 0 unspecified atom stereocenters. The minimum absolute atomic E-state index is 0.119. The maximum Gasteiger partial charge on any atom is 0.322 e. The van der Waals surface area contributed by atoms with Gasteiger partial charge in [-0.25, -0.2) is 4.79 Å². The van der Waals surface area contributed by atoms with Gasteiger partial charge in [-0.2, -0.15) is 0 Å². The monoisotopic (exact) mass is 286 g/mol. The number of anilines is 1. The van der Waals surface area contributed by atoms with Crippen molar-refractivity contribution in [1.29, 1.82) is 0 Å². The molecule has 0 atom stereocenters. The summed E-state index contributed by atoms with van der Waals surface area (Å²) in [5, 5.41) is 3.43. The number of nitrogens with one attached hydrogen (secondary N) is 1. The highest BCUT2D eigenvalue weighted by molar-refractivity contribution is 6.33. The van der Waals surface area contributed by atoms with E-state index < -0.39 is 0 Å². The lowest BCUT2D eigenvalue weighted by Gasteiger charge is -2.17. The lowest BCUT2D eigenvalue weighted by Crippen LogP contribution is -2.30. The summed E-state index contributed by atoms with van der Waals surface area (Å²) in [4.78, 5) is 14.1. The highest BCUT2D eigenvalue weighted by Crippen LogP contribution is 2.26. The molecule has 0 saturated heterocycles. The van der Waals surface area contributed by atoms with Crippen LogP contribution in [-0.4, -0.2) is 10.9 Å². The first-order valence-electron chi connectivity index (χ1n) is 6.52. The van der Waals surface area contributed by atoms with Crippen LogP contribution >= 0.6 is 11.6 Å². The minimum atomic E-state index is -0.119. The zero-order chi connectivity index (χ0) is 14.1. The molecule has 0 aliphatic carbocycles. The molecule has 0 bridgehead atoms. The number of hydrogen-bond donors (Lipinski definition) is 1. The van der Waals surface area contributed by atoms with Crippen LogP contribution in [0.15, 0.2) is 42.5 Å². The maximum absolute atomic E-state index is 12.3. The summed E-state index contributed by atoms with van der Waals surface area (Å²) in [6, 6.07) is 13.6. The Morgan fingerprint density at radius 2 is 1.80 bits per heavy atom. The van der Waals surface area contributed by atoms with Crippen LogP contribution in [0.1, 0.15) is 16.7 Å². The molecule has 1 aliphatic heterocycles. The van der Waals surface area contributed by atoms with Crippen molar-refractivity contribution >= 4 is 23.3 Å². The molecule has 0 radical (unpaired) electrons. The van der Waals surface area contributed by atoms with E-state index >= 15 is 0 Å². The average molecular weight is 287 g/mol. The molecule has 20 heavy (non-hydrogen) atoms. The zero-order valence-corrected chi connectivity index (χ0v) is 11.9. The highest BCUT2D eigenvalue weighted by Gasteiger charge is 2.23. The van der Waals surface area contributed by atoms with E-state index in [4.69, 9.17) is 11.6 Å². The summed E-state index contributed by atoms with van der Waals surface area (Å²) in [5.41, 5.74) is 4.13. The topological polar surface area (TPSA) is 32.3 Å². The van der Waals surface area contributed by atoms with Crippen molar-refractivity contribution in [2.75, 3.05) is 5.32 Å². The Balaban J connectivity index is 1.72. The fourth-order valence-electron chi connectivity index (χ4n) is 2.39. The van der Waals surface area contributed by atoms with Gasteiger partial charge in [-0.1, -0.05) is 41.9 Å². The summed E-state index contributed by atoms with van der Waals surface area (Å²) in [5.74, 6) is 0. The number of aryl methyl sites for hydroxylation is 1. The average Bonchev–Trinajstić information content (AvgIpc) is 2.86. The summed E-state index contributed by atoms with van der Waals surface area (Å²) < 4.78 is 0. The van der Waals surface area contributed by atoms with E-state index in [1.165, 1.54) is 11.1 Å². The van der Waals surface area contributed by atoms with Crippen LogP contribution in [-0.2, 0) is 13.1 Å². The molecule has 1 N–H and O–H groups in total. The highest BCUT2D eigenvalue weighted by atomic mass is 35.5. The number of rotatable bonds is 1. The van der Waals surface area contributed by atoms with Crippen LogP contribution in [0.2, 0.25) is 5.02 Å². The normalized spacial score (nSPS) is 13.2. The summed E-state index contributed by atoms with van der Waals surface area (Å²) in [7, 11) is 0. The maximum atomic E-state index is 12.3. The van der Waals surface area contributed by atoms with Crippen molar-refractivity contribution in [3.05, 3.63) is 64.2 Å². The van der Waals surface area contributed by atoms with Gasteiger partial charge in [0.05, 0.1) is 10.7 Å². The molecular weight excluding hydrogens is 272 g/mol. The molecular formula is C16H15ClN2O. The minimum Gasteiger partial charge on any atom is -0.316 e. The number of hydrogen-bond acceptors (Lipinski definition) is 1. The number of urea groups is 1. The van der Waals surface area contributed by atoms with Crippen molar-refractivity contribution in [3.8, 4) is 0 Å². The Labute approximate surface area is 123 Å². The Morgan fingerprint density at radius 3 is 2.40 bits per heavy atom. The standard InChI is InChI=1S/C16H15ClN2O/c1-11-6-7-15(14(17)8-11)18-16(20)19-9-12-4-2-3-5-13(12)10-19/h2-8H,9-10H2,1H3,(H,18,20). The molecule has 0 saturated carbocycles. The first-order valence-corrected chi connectivity index (χ1v) is 6.90. The van der Waals surface area contributed by atoms with E-state index in [-0.39, 0.29) is 6.03 Å². The second-order valence-corrected chi connectivity index (χ2v) is 5.45. The van der Waals surface area contributed by atoms with Crippen molar-refractivity contribution in [3.63, 3.8) is 0 Å². The lowest BCUT2D eigenvalue weighted by atomic mass is 10.1. The number of carbonyl (C=O) groups is 1. The smallest absolute Gasteiger partial charge is 0.316 e. The Kier molecular flexibility index (Phi) is 3.36. The first kappa shape index (κ1) is 13.0. The quantitative estimate of drug-likeness (QED) is 0.837. The van der Waals surface area contributed by atoms with Crippen molar-refractivity contribution in [2.45, 2.75) is 20.0 Å². The predicted molar refractivity (Wildman–Crippen MR) is 80.9 cm³/mol. The van der Waals surface area contributed by atoms with Gasteiger partial charge >= 0.3 is 6.03 Å². The van der Waals surface area contributed by atoms with Gasteiger partial charge in [0.25, 0.3) is 0 Å². The molecule has 3 nitrogen and oxygen atoms in total. The number of halogens is 1. The molecule has 4 heteroatoms. The van der Waals surface area contributed by atoms with Crippen molar-refractivity contribution in [2.24, 2.45) is 0 Å². The zero-order valence-electron chi connectivity index (χ0n) is 11.2. The summed E-state index contributed by atoms with van der Waals surface area (Å²) in [6.45, 7) is 3.26. The fourth-order valence-corrected chi connectivity index (χ4v) is 2.67. The van der Waals surface area contributed by atoms with Gasteiger partial charge in [0.2, 0.25) is 0 Å². The number of benzene rings is 2.